The molecule has 0 aromatic heterocycles. The molecule has 2 aromatic carbocycles. The zero-order chi connectivity index (χ0) is 19.3. The lowest BCUT2D eigenvalue weighted by atomic mass is 10.1. The summed E-state index contributed by atoms with van der Waals surface area (Å²) in [5.41, 5.74) is 1.25. The van der Waals surface area contributed by atoms with Crippen LogP contribution >= 0.6 is 11.6 Å². The van der Waals surface area contributed by atoms with Gasteiger partial charge >= 0.3 is 0 Å². The SMILES string of the molecule is COc1ccc(OC)c(C(=O)/C=C(\O)C(=O)Nc2cccc(Cl)c2C)c1. The third-order valence-electron chi connectivity index (χ3n) is 3.69. The average molecular weight is 376 g/mol. The number of benzene rings is 2. The topological polar surface area (TPSA) is 84.9 Å². The Labute approximate surface area is 156 Å². The van der Waals surface area contributed by atoms with Crippen molar-refractivity contribution in [3.63, 3.8) is 0 Å². The van der Waals surface area contributed by atoms with E-state index in [2.05, 4.69) is 5.32 Å². The van der Waals surface area contributed by atoms with Crippen LogP contribution in [0.3, 0.4) is 0 Å². The molecule has 7 heteroatoms. The Bertz CT molecular complexity index is 876. The number of carbonyl (C=O) groups excluding carboxylic acids is 2. The number of hydrogen-bond acceptors (Lipinski definition) is 5. The summed E-state index contributed by atoms with van der Waals surface area (Å²) in [5.74, 6) is -1.42. The minimum Gasteiger partial charge on any atom is -0.503 e. The summed E-state index contributed by atoms with van der Waals surface area (Å²) < 4.78 is 10.2. The van der Waals surface area contributed by atoms with Crippen molar-refractivity contribution in [3.8, 4) is 11.5 Å². The van der Waals surface area contributed by atoms with Crippen molar-refractivity contribution in [2.75, 3.05) is 19.5 Å². The fourth-order valence-corrected chi connectivity index (χ4v) is 2.38. The zero-order valence-electron chi connectivity index (χ0n) is 14.5. The molecule has 0 aliphatic carbocycles. The van der Waals surface area contributed by atoms with Gasteiger partial charge in [-0.25, -0.2) is 0 Å². The quantitative estimate of drug-likeness (QED) is 0.454. The maximum atomic E-state index is 12.4. The molecule has 0 aliphatic heterocycles. The van der Waals surface area contributed by atoms with Crippen LogP contribution < -0.4 is 14.8 Å². The van der Waals surface area contributed by atoms with Gasteiger partial charge in [0.2, 0.25) is 0 Å². The molecule has 0 saturated carbocycles. The van der Waals surface area contributed by atoms with Crippen LogP contribution in [-0.2, 0) is 4.79 Å². The molecule has 0 heterocycles. The molecular weight excluding hydrogens is 358 g/mol. The molecule has 0 atom stereocenters. The van der Waals surface area contributed by atoms with Crippen LogP contribution in [0.25, 0.3) is 0 Å². The number of methoxy groups -OCH3 is 2. The van der Waals surface area contributed by atoms with Gasteiger partial charge in [0.25, 0.3) is 5.91 Å². The number of carbonyl (C=O) groups is 2. The summed E-state index contributed by atoms with van der Waals surface area (Å²) in [6.07, 6.45) is 0.826. The van der Waals surface area contributed by atoms with Crippen LogP contribution in [0.1, 0.15) is 15.9 Å². The van der Waals surface area contributed by atoms with Crippen molar-refractivity contribution in [1.29, 1.82) is 0 Å². The molecule has 0 radical (unpaired) electrons. The second kappa shape index (κ2) is 8.40. The van der Waals surface area contributed by atoms with E-state index in [9.17, 15) is 14.7 Å². The van der Waals surface area contributed by atoms with E-state index in [-0.39, 0.29) is 5.56 Å². The Hall–Kier alpha value is -2.99. The normalized spacial score (nSPS) is 11.0. The van der Waals surface area contributed by atoms with Gasteiger partial charge in [-0.3, -0.25) is 9.59 Å². The minimum atomic E-state index is -0.828. The molecule has 2 N–H and O–H groups in total. The molecule has 2 aromatic rings. The van der Waals surface area contributed by atoms with Gasteiger partial charge in [-0.05, 0) is 42.8 Å². The average Bonchev–Trinajstić information content (AvgIpc) is 2.64. The Morgan fingerprint density at radius 1 is 1.15 bits per heavy atom. The first-order chi connectivity index (χ1) is 12.4. The first-order valence-corrected chi connectivity index (χ1v) is 7.98. The summed E-state index contributed by atoms with van der Waals surface area (Å²) in [6, 6.07) is 9.64. The van der Waals surface area contributed by atoms with Gasteiger partial charge in [0.05, 0.1) is 19.8 Å². The van der Waals surface area contributed by atoms with Crippen LogP contribution in [-0.4, -0.2) is 31.0 Å². The van der Waals surface area contributed by atoms with Crippen LogP contribution in [0, 0.1) is 6.92 Å². The number of aliphatic hydroxyl groups excluding tert-OH is 1. The Balaban J connectivity index is 2.24. The van der Waals surface area contributed by atoms with Gasteiger partial charge in [0.15, 0.2) is 11.5 Å². The molecule has 26 heavy (non-hydrogen) atoms. The highest BCUT2D eigenvalue weighted by Gasteiger charge is 2.16. The van der Waals surface area contributed by atoms with E-state index in [0.29, 0.717) is 27.8 Å². The number of allylic oxidation sites excluding steroid dienone is 1. The summed E-state index contributed by atoms with van der Waals surface area (Å²) in [5, 5.41) is 13.0. The number of ether oxygens (including phenoxy) is 2. The molecule has 0 spiro atoms. The van der Waals surface area contributed by atoms with E-state index in [4.69, 9.17) is 21.1 Å². The number of aliphatic hydroxyl groups is 1. The molecular formula is C19H18ClNO5. The molecule has 2 rings (SSSR count). The second-order valence-corrected chi connectivity index (χ2v) is 5.73. The smallest absolute Gasteiger partial charge is 0.290 e. The predicted molar refractivity (Wildman–Crippen MR) is 99.4 cm³/mol. The van der Waals surface area contributed by atoms with Gasteiger partial charge in [-0.15, -0.1) is 0 Å². The fourth-order valence-electron chi connectivity index (χ4n) is 2.20. The van der Waals surface area contributed by atoms with E-state index >= 15 is 0 Å². The number of anilines is 1. The number of hydrogen-bond donors (Lipinski definition) is 2. The Morgan fingerprint density at radius 3 is 2.54 bits per heavy atom. The van der Waals surface area contributed by atoms with E-state index in [1.165, 1.54) is 20.3 Å². The molecule has 0 bridgehead atoms. The van der Waals surface area contributed by atoms with Crippen molar-refractivity contribution in [2.45, 2.75) is 6.92 Å². The van der Waals surface area contributed by atoms with Crippen LogP contribution in [0.4, 0.5) is 5.69 Å². The van der Waals surface area contributed by atoms with Gasteiger partial charge in [0, 0.05) is 16.8 Å². The van der Waals surface area contributed by atoms with E-state index in [1.54, 1.807) is 37.3 Å². The first-order valence-electron chi connectivity index (χ1n) is 7.60. The standard InChI is InChI=1S/C19H18ClNO5/c1-11-14(20)5-4-6-15(11)21-19(24)17(23)10-16(22)13-9-12(25-2)7-8-18(13)26-3/h4-10,23H,1-3H3,(H,21,24)/b17-10-. The van der Waals surface area contributed by atoms with E-state index < -0.39 is 17.4 Å². The highest BCUT2D eigenvalue weighted by molar-refractivity contribution is 6.31. The van der Waals surface area contributed by atoms with E-state index in [1.807, 2.05) is 0 Å². The lowest BCUT2D eigenvalue weighted by Crippen LogP contribution is -2.16. The number of halogens is 1. The molecule has 136 valence electrons. The lowest BCUT2D eigenvalue weighted by Gasteiger charge is -2.10. The second-order valence-electron chi connectivity index (χ2n) is 5.33. The summed E-state index contributed by atoms with van der Waals surface area (Å²) in [7, 11) is 2.88. The van der Waals surface area contributed by atoms with Crippen LogP contribution in [0.2, 0.25) is 5.02 Å². The Kier molecular flexibility index (Phi) is 6.25. The van der Waals surface area contributed by atoms with Crippen LogP contribution in [0.5, 0.6) is 11.5 Å². The third kappa shape index (κ3) is 4.34. The molecule has 0 fully saturated rings. The first kappa shape index (κ1) is 19.3. The summed E-state index contributed by atoms with van der Waals surface area (Å²) in [4.78, 5) is 24.5. The van der Waals surface area contributed by atoms with Crippen molar-refractivity contribution in [1.82, 2.24) is 0 Å². The Morgan fingerprint density at radius 2 is 1.88 bits per heavy atom. The van der Waals surface area contributed by atoms with Crippen molar-refractivity contribution >= 4 is 29.0 Å². The highest BCUT2D eigenvalue weighted by atomic mass is 35.5. The van der Waals surface area contributed by atoms with Gasteiger partial charge in [0.1, 0.15) is 11.5 Å². The fraction of sp³-hybridized carbons (Fsp3) is 0.158. The molecule has 0 unspecified atom stereocenters. The lowest BCUT2D eigenvalue weighted by molar-refractivity contribution is -0.115. The maximum absolute atomic E-state index is 12.4. The minimum absolute atomic E-state index is 0.158. The largest absolute Gasteiger partial charge is 0.503 e. The van der Waals surface area contributed by atoms with Crippen LogP contribution in [0.15, 0.2) is 48.2 Å². The van der Waals surface area contributed by atoms with Gasteiger partial charge in [-0.1, -0.05) is 17.7 Å². The van der Waals surface area contributed by atoms with E-state index in [0.717, 1.165) is 6.08 Å². The number of ketones is 1. The number of rotatable bonds is 6. The predicted octanol–water partition coefficient (Wildman–Crippen LogP) is 3.93. The molecule has 1 amide bonds. The summed E-state index contributed by atoms with van der Waals surface area (Å²) in [6.45, 7) is 1.73. The highest BCUT2D eigenvalue weighted by Crippen LogP contribution is 2.25. The third-order valence-corrected chi connectivity index (χ3v) is 4.10. The number of amides is 1. The molecule has 6 nitrogen and oxygen atoms in total. The van der Waals surface area contributed by atoms with Crippen molar-refractivity contribution in [3.05, 3.63) is 64.4 Å². The summed E-state index contributed by atoms with van der Waals surface area (Å²) >= 11 is 5.99. The zero-order valence-corrected chi connectivity index (χ0v) is 15.3. The van der Waals surface area contributed by atoms with Crippen molar-refractivity contribution in [2.24, 2.45) is 0 Å². The monoisotopic (exact) mass is 375 g/mol. The van der Waals surface area contributed by atoms with Gasteiger partial charge in [-0.2, -0.15) is 0 Å². The molecule has 0 aliphatic rings. The number of nitrogens with one attached hydrogen (secondary N) is 1. The maximum Gasteiger partial charge on any atom is 0.290 e. The van der Waals surface area contributed by atoms with Crippen molar-refractivity contribution < 1.29 is 24.2 Å². The molecule has 0 saturated heterocycles. The van der Waals surface area contributed by atoms with Gasteiger partial charge < -0.3 is 19.9 Å².